The summed E-state index contributed by atoms with van der Waals surface area (Å²) in [5, 5.41) is 17.6. The summed E-state index contributed by atoms with van der Waals surface area (Å²) in [6.07, 6.45) is 13.2. The van der Waals surface area contributed by atoms with Gasteiger partial charge in [0, 0.05) is 24.9 Å². The lowest BCUT2D eigenvalue weighted by molar-refractivity contribution is -0.117. The van der Waals surface area contributed by atoms with Crippen LogP contribution in [0.4, 0.5) is 0 Å². The molecule has 1 unspecified atom stereocenters. The third-order valence-corrected chi connectivity index (χ3v) is 7.16. The largest absolute Gasteiger partial charge is 0.383 e. The molecule has 2 N–H and O–H groups in total. The zero-order valence-electron chi connectivity index (χ0n) is 16.2. The molecular formula is C21H31N3O2. The van der Waals surface area contributed by atoms with Gasteiger partial charge in [0.1, 0.15) is 5.60 Å². The molecule has 142 valence electrons. The monoisotopic (exact) mass is 357 g/mol. The van der Waals surface area contributed by atoms with Gasteiger partial charge >= 0.3 is 0 Å². The third-order valence-electron chi connectivity index (χ3n) is 7.16. The Morgan fingerprint density at radius 2 is 1.92 bits per heavy atom. The lowest BCUT2D eigenvalue weighted by Crippen LogP contribution is -2.47. The SMILES string of the molecule is CC(=CC(=O)NCC(C)(O)c1cnn(C)c1)C12CC3CC(CC(C3)C1)C2. The van der Waals surface area contributed by atoms with Crippen molar-refractivity contribution in [2.75, 3.05) is 6.54 Å². The molecule has 1 aromatic heterocycles. The number of hydrogen-bond acceptors (Lipinski definition) is 3. The number of nitrogens with one attached hydrogen (secondary N) is 1. The highest BCUT2D eigenvalue weighted by Crippen LogP contribution is 2.62. The number of aryl methyl sites for hydroxylation is 1. The molecule has 1 aromatic rings. The summed E-state index contributed by atoms with van der Waals surface area (Å²) >= 11 is 0. The maximum Gasteiger partial charge on any atom is 0.244 e. The number of nitrogens with zero attached hydrogens (tertiary/aromatic N) is 2. The zero-order valence-corrected chi connectivity index (χ0v) is 16.2. The summed E-state index contributed by atoms with van der Waals surface area (Å²) in [4.78, 5) is 12.5. The van der Waals surface area contributed by atoms with E-state index in [0.29, 0.717) is 5.56 Å². The minimum atomic E-state index is -1.12. The Hall–Kier alpha value is -1.62. The van der Waals surface area contributed by atoms with Crippen molar-refractivity contribution in [3.63, 3.8) is 0 Å². The molecule has 0 aromatic carbocycles. The summed E-state index contributed by atoms with van der Waals surface area (Å²) in [5.41, 5.74) is 1.10. The minimum Gasteiger partial charge on any atom is -0.383 e. The molecule has 0 spiro atoms. The van der Waals surface area contributed by atoms with E-state index in [-0.39, 0.29) is 17.9 Å². The predicted molar refractivity (Wildman–Crippen MR) is 100 cm³/mol. The molecular weight excluding hydrogens is 326 g/mol. The van der Waals surface area contributed by atoms with Crippen molar-refractivity contribution >= 4 is 5.91 Å². The van der Waals surface area contributed by atoms with Gasteiger partial charge in [-0.3, -0.25) is 9.48 Å². The van der Waals surface area contributed by atoms with Crippen LogP contribution in [-0.2, 0) is 17.4 Å². The average molecular weight is 357 g/mol. The second-order valence-corrected chi connectivity index (χ2v) is 9.42. The maximum absolute atomic E-state index is 12.5. The van der Waals surface area contributed by atoms with E-state index in [1.54, 1.807) is 30.1 Å². The highest BCUT2D eigenvalue weighted by atomic mass is 16.3. The molecule has 4 fully saturated rings. The Morgan fingerprint density at radius 1 is 1.35 bits per heavy atom. The Bertz CT molecular complexity index is 696. The van der Waals surface area contributed by atoms with E-state index in [0.717, 1.165) is 17.8 Å². The Balaban J connectivity index is 1.41. The van der Waals surface area contributed by atoms with E-state index in [9.17, 15) is 9.90 Å². The van der Waals surface area contributed by atoms with Crippen LogP contribution < -0.4 is 5.32 Å². The van der Waals surface area contributed by atoms with Gasteiger partial charge in [-0.1, -0.05) is 5.57 Å². The summed E-state index contributed by atoms with van der Waals surface area (Å²) < 4.78 is 1.66. The van der Waals surface area contributed by atoms with E-state index in [1.807, 2.05) is 7.05 Å². The Morgan fingerprint density at radius 3 is 2.42 bits per heavy atom. The minimum absolute atomic E-state index is 0.0950. The summed E-state index contributed by atoms with van der Waals surface area (Å²) in [5.74, 6) is 2.53. The molecule has 4 bridgehead atoms. The van der Waals surface area contributed by atoms with Gasteiger partial charge in [-0.2, -0.15) is 5.10 Å². The first-order valence-corrected chi connectivity index (χ1v) is 9.94. The molecule has 26 heavy (non-hydrogen) atoms. The molecule has 4 aliphatic rings. The third kappa shape index (κ3) is 3.22. The molecule has 5 heteroatoms. The first-order chi connectivity index (χ1) is 12.3. The average Bonchev–Trinajstić information content (AvgIpc) is 2.99. The Kier molecular flexibility index (Phi) is 4.25. The predicted octanol–water partition coefficient (Wildman–Crippen LogP) is 2.91. The summed E-state index contributed by atoms with van der Waals surface area (Å²) in [7, 11) is 1.82. The zero-order chi connectivity index (χ0) is 18.5. The standard InChI is InChI=1S/C21H31N3O2/c1-14(21-8-15-5-16(9-21)7-17(6-15)10-21)4-19(25)22-13-20(2,26)18-11-23-24(3)12-18/h4,11-12,15-17,26H,5-10,13H2,1-3H3,(H,22,25). The van der Waals surface area contributed by atoms with E-state index < -0.39 is 5.60 Å². The molecule has 0 radical (unpaired) electrons. The fraction of sp³-hybridized carbons (Fsp3) is 0.714. The van der Waals surface area contributed by atoms with Gasteiger partial charge in [0.25, 0.3) is 0 Å². The molecule has 0 saturated heterocycles. The highest BCUT2D eigenvalue weighted by molar-refractivity contribution is 5.88. The highest BCUT2D eigenvalue weighted by Gasteiger charge is 2.51. The second kappa shape index (κ2) is 6.22. The summed E-state index contributed by atoms with van der Waals surface area (Å²) in [6, 6.07) is 0. The van der Waals surface area contributed by atoms with Crippen LogP contribution in [0.2, 0.25) is 0 Å². The number of rotatable bonds is 5. The molecule has 1 amide bonds. The van der Waals surface area contributed by atoms with Crippen molar-refractivity contribution < 1.29 is 9.90 Å². The van der Waals surface area contributed by atoms with Crippen molar-refractivity contribution in [3.05, 3.63) is 29.6 Å². The lowest BCUT2D eigenvalue weighted by Gasteiger charge is -2.57. The quantitative estimate of drug-likeness (QED) is 0.796. The van der Waals surface area contributed by atoms with Crippen LogP contribution in [0, 0.1) is 23.2 Å². The molecule has 4 aliphatic carbocycles. The van der Waals surface area contributed by atoms with Crippen molar-refractivity contribution in [1.82, 2.24) is 15.1 Å². The molecule has 1 heterocycles. The summed E-state index contributed by atoms with van der Waals surface area (Å²) in [6.45, 7) is 4.04. The van der Waals surface area contributed by atoms with Crippen molar-refractivity contribution in [1.29, 1.82) is 0 Å². The van der Waals surface area contributed by atoms with E-state index >= 15 is 0 Å². The van der Waals surface area contributed by atoms with Crippen LogP contribution in [0.5, 0.6) is 0 Å². The fourth-order valence-electron chi connectivity index (χ4n) is 6.06. The first kappa shape index (κ1) is 17.8. The number of hydrogen-bond donors (Lipinski definition) is 2. The van der Waals surface area contributed by atoms with Gasteiger partial charge in [0.15, 0.2) is 0 Å². The topological polar surface area (TPSA) is 67.2 Å². The van der Waals surface area contributed by atoms with Gasteiger partial charge in [-0.15, -0.1) is 0 Å². The van der Waals surface area contributed by atoms with Crippen molar-refractivity contribution in [2.24, 2.45) is 30.2 Å². The number of carbonyl (C=O) groups is 1. The van der Waals surface area contributed by atoms with Crippen LogP contribution in [-0.4, -0.2) is 27.3 Å². The van der Waals surface area contributed by atoms with Crippen LogP contribution >= 0.6 is 0 Å². The number of amides is 1. The molecule has 4 saturated carbocycles. The van der Waals surface area contributed by atoms with Crippen LogP contribution in [0.3, 0.4) is 0 Å². The van der Waals surface area contributed by atoms with Crippen molar-refractivity contribution in [3.8, 4) is 0 Å². The van der Waals surface area contributed by atoms with Gasteiger partial charge in [0.05, 0.1) is 12.7 Å². The molecule has 0 aliphatic heterocycles. The van der Waals surface area contributed by atoms with E-state index in [2.05, 4.69) is 17.3 Å². The van der Waals surface area contributed by atoms with Gasteiger partial charge in [0.2, 0.25) is 5.91 Å². The molecule has 1 atom stereocenters. The van der Waals surface area contributed by atoms with E-state index in [1.165, 1.54) is 44.1 Å². The Labute approximate surface area is 155 Å². The lowest BCUT2D eigenvalue weighted by atomic mass is 9.48. The molecule has 5 rings (SSSR count). The molecule has 5 nitrogen and oxygen atoms in total. The van der Waals surface area contributed by atoms with Crippen LogP contribution in [0.1, 0.15) is 57.9 Å². The van der Waals surface area contributed by atoms with Gasteiger partial charge < -0.3 is 10.4 Å². The van der Waals surface area contributed by atoms with Gasteiger partial charge in [-0.25, -0.2) is 0 Å². The van der Waals surface area contributed by atoms with Crippen LogP contribution in [0.25, 0.3) is 0 Å². The van der Waals surface area contributed by atoms with Crippen LogP contribution in [0.15, 0.2) is 24.0 Å². The number of allylic oxidation sites excluding steroid dienone is 1. The number of aromatic nitrogens is 2. The fourth-order valence-corrected chi connectivity index (χ4v) is 6.06. The first-order valence-electron chi connectivity index (χ1n) is 9.94. The number of aliphatic hydroxyl groups is 1. The van der Waals surface area contributed by atoms with Gasteiger partial charge in [-0.05, 0) is 75.5 Å². The van der Waals surface area contributed by atoms with Crippen molar-refractivity contribution in [2.45, 2.75) is 58.0 Å². The smallest absolute Gasteiger partial charge is 0.244 e. The number of carbonyl (C=O) groups excluding carboxylic acids is 1. The van der Waals surface area contributed by atoms with E-state index in [4.69, 9.17) is 0 Å². The maximum atomic E-state index is 12.5. The normalized spacial score (nSPS) is 35.4. The second-order valence-electron chi connectivity index (χ2n) is 9.42.